The lowest BCUT2D eigenvalue weighted by atomic mass is 9.95. The van der Waals surface area contributed by atoms with E-state index in [1.165, 1.54) is 0 Å². The topological polar surface area (TPSA) is 49.8 Å². The van der Waals surface area contributed by atoms with Crippen molar-refractivity contribution in [1.82, 2.24) is 4.90 Å². The molecule has 0 aliphatic carbocycles. The summed E-state index contributed by atoms with van der Waals surface area (Å²) in [4.78, 5) is 14.4. The molecule has 1 aromatic carbocycles. The second kappa shape index (κ2) is 5.26. The Bertz CT molecular complexity index is 613. The first-order valence-electron chi connectivity index (χ1n) is 7.19. The van der Waals surface area contributed by atoms with E-state index in [1.807, 2.05) is 13.0 Å². The number of carbonyl (C=O) groups excluding carboxylic acids is 1. The van der Waals surface area contributed by atoms with E-state index >= 15 is 0 Å². The summed E-state index contributed by atoms with van der Waals surface area (Å²) in [5, 5.41) is 11.1. The van der Waals surface area contributed by atoms with Gasteiger partial charge in [0, 0.05) is 17.1 Å². The first-order valence-corrected chi connectivity index (χ1v) is 7.57. The Morgan fingerprint density at radius 3 is 2.86 bits per heavy atom. The number of fused-ring (bicyclic) bond motifs is 1. The molecule has 4 nitrogen and oxygen atoms in total. The number of hydrogen-bond donors (Lipinski definition) is 1. The number of hydrogen-bond acceptors (Lipinski definition) is 3. The van der Waals surface area contributed by atoms with Crippen molar-refractivity contribution in [1.29, 1.82) is 0 Å². The molecule has 2 aliphatic rings. The van der Waals surface area contributed by atoms with Gasteiger partial charge in [0.2, 0.25) is 0 Å². The highest BCUT2D eigenvalue weighted by molar-refractivity contribution is 6.31. The summed E-state index contributed by atoms with van der Waals surface area (Å²) in [6.07, 6.45) is 2.46. The van der Waals surface area contributed by atoms with Crippen molar-refractivity contribution < 1.29 is 14.6 Å². The minimum Gasteiger partial charge on any atom is -0.509 e. The zero-order valence-electron chi connectivity index (χ0n) is 12.1. The monoisotopic (exact) mass is 307 g/mol. The predicted molar refractivity (Wildman–Crippen MR) is 81.7 cm³/mol. The molecule has 1 atom stereocenters. The van der Waals surface area contributed by atoms with Crippen LogP contribution < -0.4 is 4.74 Å². The van der Waals surface area contributed by atoms with Gasteiger partial charge in [0.15, 0.2) is 0 Å². The predicted octanol–water partition coefficient (Wildman–Crippen LogP) is 3.18. The Morgan fingerprint density at radius 1 is 1.48 bits per heavy atom. The molecule has 1 amide bonds. The number of rotatable bonds is 3. The Labute approximate surface area is 129 Å². The van der Waals surface area contributed by atoms with Crippen LogP contribution in [0, 0.1) is 0 Å². The number of methoxy groups -OCH3 is 1. The second-order valence-corrected chi connectivity index (χ2v) is 5.85. The number of aryl methyl sites for hydroxylation is 1. The second-order valence-electron chi connectivity index (χ2n) is 5.41. The van der Waals surface area contributed by atoms with Crippen LogP contribution >= 0.6 is 11.6 Å². The van der Waals surface area contributed by atoms with Gasteiger partial charge >= 0.3 is 0 Å². The number of nitrogens with zero attached hydrogens (tertiary/aromatic N) is 1. The van der Waals surface area contributed by atoms with E-state index in [4.69, 9.17) is 16.3 Å². The third-order valence-corrected chi connectivity index (χ3v) is 4.52. The molecule has 0 spiro atoms. The van der Waals surface area contributed by atoms with Gasteiger partial charge in [-0.05, 0) is 37.0 Å². The third kappa shape index (κ3) is 2.09. The fourth-order valence-corrected chi connectivity index (χ4v) is 3.54. The summed E-state index contributed by atoms with van der Waals surface area (Å²) >= 11 is 6.10. The lowest BCUT2D eigenvalue weighted by Gasteiger charge is -2.16. The van der Waals surface area contributed by atoms with Crippen molar-refractivity contribution in [2.75, 3.05) is 13.7 Å². The van der Waals surface area contributed by atoms with Crippen LogP contribution in [-0.4, -0.2) is 35.6 Å². The number of aliphatic hydroxyl groups is 1. The van der Waals surface area contributed by atoms with Gasteiger partial charge in [-0.15, -0.1) is 0 Å². The summed E-state index contributed by atoms with van der Waals surface area (Å²) in [5.41, 5.74) is 1.97. The number of aliphatic hydroxyl groups excluding tert-OH is 1. The number of halogens is 1. The zero-order valence-corrected chi connectivity index (χ0v) is 12.9. The molecule has 1 aromatic rings. The minimum atomic E-state index is -0.169. The van der Waals surface area contributed by atoms with Crippen LogP contribution in [0.4, 0.5) is 0 Å². The molecule has 0 aromatic heterocycles. The van der Waals surface area contributed by atoms with Crippen molar-refractivity contribution in [3.63, 3.8) is 0 Å². The maximum absolute atomic E-state index is 12.6. The molecule has 2 heterocycles. The van der Waals surface area contributed by atoms with E-state index in [0.717, 1.165) is 18.4 Å². The zero-order chi connectivity index (χ0) is 15.1. The summed E-state index contributed by atoms with van der Waals surface area (Å²) in [7, 11) is 1.55. The van der Waals surface area contributed by atoms with Gasteiger partial charge in [-0.3, -0.25) is 4.79 Å². The molecule has 1 N–H and O–H groups in total. The molecule has 21 heavy (non-hydrogen) atoms. The van der Waals surface area contributed by atoms with E-state index in [-0.39, 0.29) is 17.7 Å². The lowest BCUT2D eigenvalue weighted by Crippen LogP contribution is -2.29. The van der Waals surface area contributed by atoms with E-state index in [9.17, 15) is 9.90 Å². The van der Waals surface area contributed by atoms with Crippen molar-refractivity contribution in [2.45, 2.75) is 32.2 Å². The average Bonchev–Trinajstić information content (AvgIpc) is 3.04. The standard InChI is InChI=1S/C16H18ClNO3/c1-3-9-7-10(17)8-12(21-2)13(9)14-15(19)11-5-4-6-18(11)16(14)20/h7-8,11,19H,3-6H2,1-2H3. The van der Waals surface area contributed by atoms with Crippen molar-refractivity contribution in [3.05, 3.63) is 34.0 Å². The van der Waals surface area contributed by atoms with Crippen LogP contribution in [0.5, 0.6) is 5.75 Å². The number of carbonyl (C=O) groups is 1. The fraction of sp³-hybridized carbons (Fsp3) is 0.438. The number of ether oxygens (including phenoxy) is 1. The van der Waals surface area contributed by atoms with Crippen molar-refractivity contribution in [2.24, 2.45) is 0 Å². The van der Waals surface area contributed by atoms with Gasteiger partial charge in [-0.1, -0.05) is 18.5 Å². The Hall–Kier alpha value is -1.68. The normalized spacial score (nSPS) is 21.2. The molecule has 112 valence electrons. The van der Waals surface area contributed by atoms with Gasteiger partial charge < -0.3 is 14.7 Å². The highest BCUT2D eigenvalue weighted by Crippen LogP contribution is 2.42. The van der Waals surface area contributed by atoms with E-state index in [1.54, 1.807) is 18.1 Å². The fourth-order valence-electron chi connectivity index (χ4n) is 3.31. The summed E-state index contributed by atoms with van der Waals surface area (Å²) in [6, 6.07) is 3.35. The van der Waals surface area contributed by atoms with E-state index < -0.39 is 0 Å². The Morgan fingerprint density at radius 2 is 2.24 bits per heavy atom. The third-order valence-electron chi connectivity index (χ3n) is 4.30. The van der Waals surface area contributed by atoms with Gasteiger partial charge in [-0.2, -0.15) is 0 Å². The highest BCUT2D eigenvalue weighted by Gasteiger charge is 2.43. The first-order chi connectivity index (χ1) is 10.1. The maximum Gasteiger partial charge on any atom is 0.258 e. The van der Waals surface area contributed by atoms with Gasteiger partial charge in [0.05, 0.1) is 18.7 Å². The average molecular weight is 308 g/mol. The summed E-state index contributed by atoms with van der Waals surface area (Å²) in [5.74, 6) is 0.605. The van der Waals surface area contributed by atoms with Crippen LogP contribution in [0.15, 0.2) is 17.9 Å². The number of amides is 1. The minimum absolute atomic E-state index is 0.106. The molecule has 1 fully saturated rings. The van der Waals surface area contributed by atoms with Crippen LogP contribution in [0.1, 0.15) is 30.9 Å². The molecular formula is C16H18ClNO3. The van der Waals surface area contributed by atoms with E-state index in [2.05, 4.69) is 0 Å². The van der Waals surface area contributed by atoms with Gasteiger partial charge in [0.1, 0.15) is 11.5 Å². The summed E-state index contributed by atoms with van der Waals surface area (Å²) in [6.45, 7) is 2.70. The molecule has 5 heteroatoms. The molecule has 0 bridgehead atoms. The smallest absolute Gasteiger partial charge is 0.258 e. The molecule has 1 saturated heterocycles. The van der Waals surface area contributed by atoms with Crippen LogP contribution in [0.3, 0.4) is 0 Å². The molecule has 0 radical (unpaired) electrons. The van der Waals surface area contributed by atoms with Crippen molar-refractivity contribution >= 4 is 23.1 Å². The lowest BCUT2D eigenvalue weighted by molar-refractivity contribution is -0.124. The first kappa shape index (κ1) is 14.3. The molecule has 3 rings (SSSR count). The van der Waals surface area contributed by atoms with Crippen molar-refractivity contribution in [3.8, 4) is 5.75 Å². The largest absolute Gasteiger partial charge is 0.509 e. The summed E-state index contributed by atoms with van der Waals surface area (Å²) < 4.78 is 5.40. The Kier molecular flexibility index (Phi) is 3.57. The molecule has 1 unspecified atom stereocenters. The quantitative estimate of drug-likeness (QED) is 0.933. The van der Waals surface area contributed by atoms with Gasteiger partial charge in [0.25, 0.3) is 5.91 Å². The van der Waals surface area contributed by atoms with Crippen LogP contribution in [-0.2, 0) is 11.2 Å². The Balaban J connectivity index is 2.20. The van der Waals surface area contributed by atoms with Crippen LogP contribution in [0.25, 0.3) is 5.57 Å². The number of benzene rings is 1. The maximum atomic E-state index is 12.6. The molecule has 2 aliphatic heterocycles. The van der Waals surface area contributed by atoms with E-state index in [0.29, 0.717) is 34.9 Å². The van der Waals surface area contributed by atoms with Crippen LogP contribution in [0.2, 0.25) is 5.02 Å². The molecule has 0 saturated carbocycles. The highest BCUT2D eigenvalue weighted by atomic mass is 35.5. The van der Waals surface area contributed by atoms with Gasteiger partial charge in [-0.25, -0.2) is 0 Å². The SMILES string of the molecule is CCc1cc(Cl)cc(OC)c1C1=C(O)C2CCCN2C1=O. The molecular weight excluding hydrogens is 290 g/mol.